The summed E-state index contributed by atoms with van der Waals surface area (Å²) in [5.74, 6) is 0. The van der Waals surface area contributed by atoms with Gasteiger partial charge in [0.1, 0.15) is 0 Å². The molecule has 0 saturated carbocycles. The Hall–Kier alpha value is -2.05. The van der Waals surface area contributed by atoms with Crippen molar-refractivity contribution in [3.05, 3.63) is 59.1 Å². The van der Waals surface area contributed by atoms with Crippen molar-refractivity contribution in [2.45, 2.75) is 6.92 Å². The van der Waals surface area contributed by atoms with Gasteiger partial charge in [-0.1, -0.05) is 17.7 Å². The lowest BCUT2D eigenvalue weighted by atomic mass is 10.2. The predicted octanol–water partition coefficient (Wildman–Crippen LogP) is 1.23. The minimum atomic E-state index is 0. The van der Waals surface area contributed by atoms with Gasteiger partial charge in [-0.3, -0.25) is 0 Å². The fraction of sp³-hybridized carbons (Fsp3) is 0.0769. The monoisotopic (exact) mass is 245 g/mol. The zero-order valence-corrected chi connectivity index (χ0v) is 10.1. The summed E-state index contributed by atoms with van der Waals surface area (Å²) < 4.78 is 0. The van der Waals surface area contributed by atoms with Crippen LogP contribution in [0.15, 0.2) is 48.5 Å². The Morgan fingerprint density at radius 2 is 1.35 bits per heavy atom. The zero-order valence-electron chi connectivity index (χ0n) is 9.39. The molecular weight excluding hydrogens is 234 g/mol. The van der Waals surface area contributed by atoms with Crippen LogP contribution in [0.2, 0.25) is 0 Å². The number of halogens is 1. The molecule has 0 aliphatic carbocycles. The Balaban J connectivity index is 0.00000144. The van der Waals surface area contributed by atoms with Crippen molar-refractivity contribution in [3.8, 4) is 0 Å². The highest BCUT2D eigenvalue weighted by molar-refractivity contribution is 5.62. The summed E-state index contributed by atoms with van der Waals surface area (Å²) in [5.41, 5.74) is 3.80. The van der Waals surface area contributed by atoms with Crippen LogP contribution in [0.25, 0.3) is 4.98 Å². The van der Waals surface area contributed by atoms with Gasteiger partial charge in [0.05, 0.1) is 0 Å². The molecular formula is C13H12ClN3. The molecule has 0 aliphatic rings. The molecule has 0 spiro atoms. The molecule has 0 heterocycles. The van der Waals surface area contributed by atoms with Crippen LogP contribution < -0.4 is 17.7 Å². The van der Waals surface area contributed by atoms with Gasteiger partial charge in [-0.2, -0.15) is 0 Å². The van der Waals surface area contributed by atoms with E-state index in [4.69, 9.17) is 5.39 Å². The number of rotatable bonds is 2. The summed E-state index contributed by atoms with van der Waals surface area (Å²) in [6.45, 7) is 2.06. The average Bonchev–Trinajstić information content (AvgIpc) is 2.33. The van der Waals surface area contributed by atoms with Gasteiger partial charge < -0.3 is 17.7 Å². The van der Waals surface area contributed by atoms with Gasteiger partial charge in [-0.15, -0.1) is 0 Å². The van der Waals surface area contributed by atoms with Gasteiger partial charge >= 0.3 is 5.69 Å². The molecule has 0 radical (unpaired) electrons. The molecule has 0 aromatic heterocycles. The molecule has 0 amide bonds. The van der Waals surface area contributed by atoms with E-state index in [1.54, 1.807) is 12.1 Å². The van der Waals surface area contributed by atoms with Crippen LogP contribution in [0.4, 0.5) is 17.1 Å². The molecule has 1 N–H and O–H groups in total. The molecule has 3 nitrogen and oxygen atoms in total. The average molecular weight is 246 g/mol. The van der Waals surface area contributed by atoms with Gasteiger partial charge in [0.2, 0.25) is 5.39 Å². The third-order valence-corrected chi connectivity index (χ3v) is 2.32. The van der Waals surface area contributed by atoms with Gasteiger partial charge in [0.15, 0.2) is 4.98 Å². The summed E-state index contributed by atoms with van der Waals surface area (Å²) in [7, 11) is 0. The summed E-state index contributed by atoms with van der Waals surface area (Å²) in [4.78, 5) is 3.10. The molecule has 2 aromatic carbocycles. The van der Waals surface area contributed by atoms with Crippen molar-refractivity contribution in [2.24, 2.45) is 0 Å². The Labute approximate surface area is 107 Å². The summed E-state index contributed by atoms with van der Waals surface area (Å²) in [6.07, 6.45) is 0. The fourth-order valence-corrected chi connectivity index (χ4v) is 1.41. The summed E-state index contributed by atoms with van der Waals surface area (Å²) in [6, 6.07) is 15.4. The van der Waals surface area contributed by atoms with Crippen molar-refractivity contribution in [2.75, 3.05) is 5.32 Å². The van der Waals surface area contributed by atoms with Crippen LogP contribution in [0.5, 0.6) is 0 Å². The SMILES string of the molecule is Cc1ccc(Nc2ccc([N+]#N)cc2)cc1.[Cl-]. The maximum atomic E-state index is 8.55. The summed E-state index contributed by atoms with van der Waals surface area (Å²) in [5, 5.41) is 11.8. The van der Waals surface area contributed by atoms with E-state index < -0.39 is 0 Å². The highest BCUT2D eigenvalue weighted by Gasteiger charge is 2.02. The minimum Gasteiger partial charge on any atom is -1.00 e. The fourth-order valence-electron chi connectivity index (χ4n) is 1.41. The highest BCUT2D eigenvalue weighted by Crippen LogP contribution is 2.20. The standard InChI is InChI=1S/C13H12N3.ClH/c1-10-2-4-11(5-3-10)15-12-6-8-13(16-14)9-7-12;/h2-9,15H,1H3;1H/q+1;/p-1. The Morgan fingerprint density at radius 1 is 0.882 bits per heavy atom. The lowest BCUT2D eigenvalue weighted by Crippen LogP contribution is -3.00. The predicted molar refractivity (Wildman–Crippen MR) is 65.6 cm³/mol. The molecule has 86 valence electrons. The van der Waals surface area contributed by atoms with E-state index in [1.807, 2.05) is 24.3 Å². The van der Waals surface area contributed by atoms with Crippen LogP contribution >= 0.6 is 0 Å². The first-order valence-corrected chi connectivity index (χ1v) is 5.07. The van der Waals surface area contributed by atoms with Crippen LogP contribution in [-0.4, -0.2) is 0 Å². The van der Waals surface area contributed by atoms with Crippen LogP contribution in [-0.2, 0) is 0 Å². The largest absolute Gasteiger partial charge is 1.00 e. The Kier molecular flexibility index (Phi) is 4.50. The smallest absolute Gasteiger partial charge is 0.385 e. The van der Waals surface area contributed by atoms with Gasteiger partial charge in [0.25, 0.3) is 0 Å². The topological polar surface area (TPSA) is 40.2 Å². The molecule has 0 atom stereocenters. The second-order valence-corrected chi connectivity index (χ2v) is 3.64. The third-order valence-electron chi connectivity index (χ3n) is 2.32. The Bertz CT molecular complexity index is 512. The van der Waals surface area contributed by atoms with E-state index in [2.05, 4.69) is 29.3 Å². The molecule has 2 aromatic rings. The zero-order chi connectivity index (χ0) is 11.4. The van der Waals surface area contributed by atoms with Gasteiger partial charge in [-0.05, 0) is 31.2 Å². The van der Waals surface area contributed by atoms with E-state index >= 15 is 0 Å². The first-order valence-electron chi connectivity index (χ1n) is 5.07. The lowest BCUT2D eigenvalue weighted by Gasteiger charge is -2.05. The van der Waals surface area contributed by atoms with Crippen LogP contribution in [0, 0.1) is 12.3 Å². The van der Waals surface area contributed by atoms with Crippen molar-refractivity contribution in [1.29, 1.82) is 5.39 Å². The van der Waals surface area contributed by atoms with Crippen LogP contribution in [0.1, 0.15) is 5.56 Å². The molecule has 17 heavy (non-hydrogen) atoms. The molecule has 4 heteroatoms. The first-order chi connectivity index (χ1) is 7.78. The van der Waals surface area contributed by atoms with Gasteiger partial charge in [0, 0.05) is 23.5 Å². The second kappa shape index (κ2) is 5.88. The number of anilines is 2. The molecule has 0 fully saturated rings. The van der Waals surface area contributed by atoms with Crippen molar-refractivity contribution in [3.63, 3.8) is 0 Å². The number of hydrogen-bond acceptors (Lipinski definition) is 2. The third kappa shape index (κ3) is 3.47. The molecule has 0 unspecified atom stereocenters. The van der Waals surface area contributed by atoms with E-state index in [0.717, 1.165) is 11.4 Å². The molecule has 0 saturated heterocycles. The number of aryl methyl sites for hydroxylation is 1. The lowest BCUT2D eigenvalue weighted by molar-refractivity contribution is -0.00000348. The van der Waals surface area contributed by atoms with E-state index in [1.165, 1.54) is 5.56 Å². The number of benzene rings is 2. The van der Waals surface area contributed by atoms with E-state index in [9.17, 15) is 0 Å². The maximum absolute atomic E-state index is 8.55. The van der Waals surface area contributed by atoms with E-state index in [0.29, 0.717) is 5.69 Å². The summed E-state index contributed by atoms with van der Waals surface area (Å²) >= 11 is 0. The van der Waals surface area contributed by atoms with Crippen molar-refractivity contribution < 1.29 is 12.4 Å². The maximum Gasteiger partial charge on any atom is 0.385 e. The minimum absolute atomic E-state index is 0. The number of diazo groups is 1. The molecule has 2 rings (SSSR count). The Morgan fingerprint density at radius 3 is 1.82 bits per heavy atom. The second-order valence-electron chi connectivity index (χ2n) is 3.64. The number of nitrogens with one attached hydrogen (secondary N) is 1. The van der Waals surface area contributed by atoms with Crippen molar-refractivity contribution in [1.82, 2.24) is 0 Å². The quantitative estimate of drug-likeness (QED) is 0.809. The van der Waals surface area contributed by atoms with Crippen molar-refractivity contribution >= 4 is 17.1 Å². The molecule has 0 aliphatic heterocycles. The van der Waals surface area contributed by atoms with Gasteiger partial charge in [-0.25, -0.2) is 0 Å². The highest BCUT2D eigenvalue weighted by atomic mass is 35.5. The number of nitrogens with zero attached hydrogens (tertiary/aromatic N) is 2. The van der Waals surface area contributed by atoms with Crippen LogP contribution in [0.3, 0.4) is 0 Å². The normalized spacial score (nSPS) is 8.94. The number of hydrogen-bond donors (Lipinski definition) is 1. The first kappa shape index (κ1) is 13.0. The molecule has 0 bridgehead atoms. The van der Waals surface area contributed by atoms with E-state index in [-0.39, 0.29) is 12.4 Å².